The Balaban J connectivity index is 2.89. The Hall–Kier alpha value is -0.530. The first-order chi connectivity index (χ1) is 9.41. The van der Waals surface area contributed by atoms with Crippen molar-refractivity contribution in [1.29, 1.82) is 0 Å². The SMILES string of the molecule is CCOCCOCCOCCOCCNCCC=O. The third-order valence-corrected chi connectivity index (χ3v) is 2.18. The summed E-state index contributed by atoms with van der Waals surface area (Å²) in [6, 6.07) is 0. The van der Waals surface area contributed by atoms with E-state index in [-0.39, 0.29) is 0 Å². The van der Waals surface area contributed by atoms with E-state index in [1.165, 1.54) is 0 Å². The molecule has 0 atom stereocenters. The number of carbonyl (C=O) groups excluding carboxylic acids is 1. The molecule has 0 aromatic rings. The minimum atomic E-state index is 0.548. The number of rotatable bonds is 16. The molecular formula is C13H27NO5. The lowest BCUT2D eigenvalue weighted by Crippen LogP contribution is -2.22. The summed E-state index contributed by atoms with van der Waals surface area (Å²) in [5.41, 5.74) is 0. The molecule has 0 fully saturated rings. The van der Waals surface area contributed by atoms with Crippen molar-refractivity contribution < 1.29 is 23.7 Å². The van der Waals surface area contributed by atoms with E-state index in [9.17, 15) is 4.79 Å². The van der Waals surface area contributed by atoms with Crippen LogP contribution in [0.1, 0.15) is 13.3 Å². The van der Waals surface area contributed by atoms with E-state index in [2.05, 4.69) is 5.32 Å². The fraction of sp³-hybridized carbons (Fsp3) is 0.923. The molecule has 0 amide bonds. The monoisotopic (exact) mass is 277 g/mol. The molecular weight excluding hydrogens is 250 g/mol. The van der Waals surface area contributed by atoms with Crippen molar-refractivity contribution in [2.45, 2.75) is 13.3 Å². The van der Waals surface area contributed by atoms with Gasteiger partial charge in [-0.25, -0.2) is 0 Å². The van der Waals surface area contributed by atoms with Gasteiger partial charge in [0.05, 0.1) is 46.2 Å². The van der Waals surface area contributed by atoms with Gasteiger partial charge >= 0.3 is 0 Å². The van der Waals surface area contributed by atoms with Gasteiger partial charge < -0.3 is 29.1 Å². The summed E-state index contributed by atoms with van der Waals surface area (Å²) in [4.78, 5) is 10.0. The predicted octanol–water partition coefficient (Wildman–Crippen LogP) is 0.251. The van der Waals surface area contributed by atoms with Gasteiger partial charge in [-0.05, 0) is 6.92 Å². The molecule has 1 N–H and O–H groups in total. The van der Waals surface area contributed by atoms with Crippen molar-refractivity contribution in [3.63, 3.8) is 0 Å². The predicted molar refractivity (Wildman–Crippen MR) is 72.5 cm³/mol. The highest BCUT2D eigenvalue weighted by Gasteiger charge is 1.92. The van der Waals surface area contributed by atoms with Crippen molar-refractivity contribution in [1.82, 2.24) is 5.32 Å². The van der Waals surface area contributed by atoms with E-state index in [0.717, 1.165) is 19.4 Å². The van der Waals surface area contributed by atoms with E-state index in [1.54, 1.807) is 0 Å². The molecule has 0 saturated carbocycles. The van der Waals surface area contributed by atoms with Gasteiger partial charge in [0.15, 0.2) is 0 Å². The second kappa shape index (κ2) is 17.5. The smallest absolute Gasteiger partial charge is 0.121 e. The third-order valence-electron chi connectivity index (χ3n) is 2.18. The molecule has 114 valence electrons. The first-order valence-electron chi connectivity index (χ1n) is 6.87. The zero-order chi connectivity index (χ0) is 14.0. The normalized spacial score (nSPS) is 10.8. The molecule has 0 aliphatic heterocycles. The van der Waals surface area contributed by atoms with Gasteiger partial charge in [0.1, 0.15) is 6.29 Å². The highest BCUT2D eigenvalue weighted by atomic mass is 16.6. The summed E-state index contributed by atoms with van der Waals surface area (Å²) in [6.45, 7) is 8.34. The summed E-state index contributed by atoms with van der Waals surface area (Å²) >= 11 is 0. The van der Waals surface area contributed by atoms with Crippen molar-refractivity contribution in [3.05, 3.63) is 0 Å². The number of nitrogens with one attached hydrogen (secondary N) is 1. The zero-order valence-corrected chi connectivity index (χ0v) is 11.9. The minimum Gasteiger partial charge on any atom is -0.379 e. The fourth-order valence-corrected chi connectivity index (χ4v) is 1.23. The highest BCUT2D eigenvalue weighted by molar-refractivity contribution is 5.49. The maximum Gasteiger partial charge on any atom is 0.121 e. The molecule has 0 aromatic carbocycles. The van der Waals surface area contributed by atoms with Crippen LogP contribution in [0.25, 0.3) is 0 Å². The standard InChI is InChI=1S/C13H27NO5/c1-2-16-8-9-18-12-13-19-11-10-17-7-5-14-4-3-6-15/h6,14H,2-5,7-13H2,1H3. The van der Waals surface area contributed by atoms with Crippen LogP contribution in [0.5, 0.6) is 0 Å². The average Bonchev–Trinajstić information content (AvgIpc) is 2.43. The molecule has 0 bridgehead atoms. The number of aldehydes is 1. The van der Waals surface area contributed by atoms with Crippen molar-refractivity contribution >= 4 is 6.29 Å². The Morgan fingerprint density at radius 1 is 0.789 bits per heavy atom. The van der Waals surface area contributed by atoms with Crippen LogP contribution in [0, 0.1) is 0 Å². The Labute approximate surface area is 115 Å². The first-order valence-corrected chi connectivity index (χ1v) is 6.87. The van der Waals surface area contributed by atoms with Crippen LogP contribution in [0.2, 0.25) is 0 Å². The van der Waals surface area contributed by atoms with Crippen LogP contribution in [0.3, 0.4) is 0 Å². The number of hydrogen-bond acceptors (Lipinski definition) is 6. The molecule has 19 heavy (non-hydrogen) atoms. The van der Waals surface area contributed by atoms with Crippen LogP contribution in [0.15, 0.2) is 0 Å². The molecule has 6 nitrogen and oxygen atoms in total. The van der Waals surface area contributed by atoms with E-state index >= 15 is 0 Å². The third kappa shape index (κ3) is 17.5. The Morgan fingerprint density at radius 3 is 1.84 bits per heavy atom. The van der Waals surface area contributed by atoms with E-state index < -0.39 is 0 Å². The van der Waals surface area contributed by atoms with Crippen LogP contribution in [-0.4, -0.2) is 72.2 Å². The topological polar surface area (TPSA) is 66.0 Å². The molecule has 0 heterocycles. The molecule has 0 aliphatic carbocycles. The van der Waals surface area contributed by atoms with Crippen molar-refractivity contribution in [3.8, 4) is 0 Å². The van der Waals surface area contributed by atoms with E-state index in [1.807, 2.05) is 6.92 Å². The lowest BCUT2D eigenvalue weighted by Gasteiger charge is -2.07. The Morgan fingerprint density at radius 2 is 1.32 bits per heavy atom. The Bertz CT molecular complexity index is 180. The lowest BCUT2D eigenvalue weighted by atomic mass is 10.4. The first kappa shape index (κ1) is 18.5. The molecule has 0 radical (unpaired) electrons. The van der Waals surface area contributed by atoms with Crippen molar-refractivity contribution in [2.24, 2.45) is 0 Å². The fourth-order valence-electron chi connectivity index (χ4n) is 1.23. The van der Waals surface area contributed by atoms with Gasteiger partial charge in [-0.15, -0.1) is 0 Å². The summed E-state index contributed by atoms with van der Waals surface area (Å²) in [7, 11) is 0. The van der Waals surface area contributed by atoms with Gasteiger partial charge in [-0.1, -0.05) is 0 Å². The number of carbonyl (C=O) groups is 1. The van der Waals surface area contributed by atoms with E-state index in [4.69, 9.17) is 18.9 Å². The molecule has 0 aromatic heterocycles. The molecule has 0 saturated heterocycles. The largest absolute Gasteiger partial charge is 0.379 e. The van der Waals surface area contributed by atoms with Crippen LogP contribution in [0.4, 0.5) is 0 Å². The van der Waals surface area contributed by atoms with Gasteiger partial charge in [-0.2, -0.15) is 0 Å². The highest BCUT2D eigenvalue weighted by Crippen LogP contribution is 1.82. The maximum absolute atomic E-state index is 10.0. The summed E-state index contributed by atoms with van der Waals surface area (Å²) in [5.74, 6) is 0. The van der Waals surface area contributed by atoms with E-state index in [0.29, 0.717) is 59.2 Å². The van der Waals surface area contributed by atoms with Crippen LogP contribution >= 0.6 is 0 Å². The molecule has 0 spiro atoms. The number of hydrogen-bond donors (Lipinski definition) is 1. The van der Waals surface area contributed by atoms with Gasteiger partial charge in [0.2, 0.25) is 0 Å². The second-order valence-corrected chi connectivity index (χ2v) is 3.74. The lowest BCUT2D eigenvalue weighted by molar-refractivity contribution is -0.107. The number of ether oxygens (including phenoxy) is 4. The molecule has 0 aliphatic rings. The maximum atomic E-state index is 10.0. The van der Waals surface area contributed by atoms with Crippen molar-refractivity contribution in [2.75, 3.05) is 65.9 Å². The quantitative estimate of drug-likeness (QED) is 0.322. The summed E-state index contributed by atoms with van der Waals surface area (Å²) in [5, 5.41) is 3.09. The van der Waals surface area contributed by atoms with Crippen LogP contribution in [-0.2, 0) is 23.7 Å². The van der Waals surface area contributed by atoms with Gasteiger partial charge in [-0.3, -0.25) is 0 Å². The van der Waals surface area contributed by atoms with Crippen LogP contribution < -0.4 is 5.32 Å². The van der Waals surface area contributed by atoms with Gasteiger partial charge in [0, 0.05) is 26.1 Å². The molecule has 6 heteroatoms. The Kier molecular flexibility index (Phi) is 17.0. The molecule has 0 rings (SSSR count). The zero-order valence-electron chi connectivity index (χ0n) is 11.9. The summed E-state index contributed by atoms with van der Waals surface area (Å²) < 4.78 is 21.1. The second-order valence-electron chi connectivity index (χ2n) is 3.74. The van der Waals surface area contributed by atoms with Gasteiger partial charge in [0.25, 0.3) is 0 Å². The molecule has 0 unspecified atom stereocenters. The summed E-state index contributed by atoms with van der Waals surface area (Å²) in [6.07, 6.45) is 1.45. The minimum absolute atomic E-state index is 0.548. The average molecular weight is 277 g/mol.